The van der Waals surface area contributed by atoms with E-state index in [4.69, 9.17) is 5.73 Å². The van der Waals surface area contributed by atoms with Crippen molar-refractivity contribution in [2.75, 3.05) is 16.7 Å². The van der Waals surface area contributed by atoms with E-state index in [-0.39, 0.29) is 4.90 Å². The summed E-state index contributed by atoms with van der Waals surface area (Å²) < 4.78 is 28.4. The van der Waals surface area contributed by atoms with E-state index in [2.05, 4.69) is 20.7 Å². The Labute approximate surface area is 137 Å². The number of hydrogen-bond donors (Lipinski definition) is 2. The minimum atomic E-state index is -3.68. The van der Waals surface area contributed by atoms with E-state index < -0.39 is 10.0 Å². The van der Waals surface area contributed by atoms with E-state index in [1.165, 1.54) is 17.8 Å². The molecule has 0 saturated carbocycles. The van der Waals surface area contributed by atoms with Gasteiger partial charge in [0.1, 0.15) is 0 Å². The van der Waals surface area contributed by atoms with E-state index in [9.17, 15) is 8.42 Å². The second-order valence-electron chi connectivity index (χ2n) is 4.45. The van der Waals surface area contributed by atoms with Crippen molar-refractivity contribution in [2.45, 2.75) is 16.7 Å². The Bertz CT molecular complexity index is 777. The van der Waals surface area contributed by atoms with Gasteiger partial charge in [0.15, 0.2) is 0 Å². The average Bonchev–Trinajstić information content (AvgIpc) is 2.43. The molecule has 0 unspecified atom stereocenters. The molecular weight excluding hydrogens is 372 g/mol. The Morgan fingerprint density at radius 3 is 2.57 bits per heavy atom. The first-order valence-electron chi connectivity index (χ1n) is 6.06. The summed E-state index contributed by atoms with van der Waals surface area (Å²) in [5, 5.41) is 0. The van der Waals surface area contributed by atoms with Crippen molar-refractivity contribution in [3.05, 3.63) is 46.4 Å². The van der Waals surface area contributed by atoms with Crippen molar-refractivity contribution < 1.29 is 8.42 Å². The van der Waals surface area contributed by atoms with Gasteiger partial charge >= 0.3 is 0 Å². The van der Waals surface area contributed by atoms with Crippen LogP contribution in [-0.2, 0) is 10.0 Å². The molecular formula is C14H15BrN2O2S2. The molecule has 2 aromatic carbocycles. The Balaban J connectivity index is 2.46. The van der Waals surface area contributed by atoms with Crippen molar-refractivity contribution >= 4 is 49.1 Å². The highest BCUT2D eigenvalue weighted by atomic mass is 79.9. The quantitative estimate of drug-likeness (QED) is 0.617. The van der Waals surface area contributed by atoms with Gasteiger partial charge in [-0.25, -0.2) is 8.42 Å². The summed E-state index contributed by atoms with van der Waals surface area (Å²) in [5.41, 5.74) is 7.37. The number of nitrogens with one attached hydrogen (secondary N) is 1. The third-order valence-electron chi connectivity index (χ3n) is 2.94. The van der Waals surface area contributed by atoms with Gasteiger partial charge in [0, 0.05) is 15.1 Å². The topological polar surface area (TPSA) is 72.2 Å². The summed E-state index contributed by atoms with van der Waals surface area (Å²) in [6.45, 7) is 1.74. The van der Waals surface area contributed by atoms with E-state index in [0.29, 0.717) is 21.4 Å². The Morgan fingerprint density at radius 2 is 1.90 bits per heavy atom. The van der Waals surface area contributed by atoms with E-state index in [1.54, 1.807) is 25.1 Å². The molecule has 7 heteroatoms. The van der Waals surface area contributed by atoms with Gasteiger partial charge in [0.25, 0.3) is 10.0 Å². The molecule has 0 spiro atoms. The second kappa shape index (κ2) is 6.29. The molecule has 0 aliphatic carbocycles. The van der Waals surface area contributed by atoms with Gasteiger partial charge in [0.05, 0.1) is 10.6 Å². The monoisotopic (exact) mass is 386 g/mol. The van der Waals surface area contributed by atoms with Crippen molar-refractivity contribution in [1.29, 1.82) is 0 Å². The third kappa shape index (κ3) is 3.53. The summed E-state index contributed by atoms with van der Waals surface area (Å²) in [6.07, 6.45) is 1.90. The molecule has 0 radical (unpaired) electrons. The van der Waals surface area contributed by atoms with Crippen LogP contribution in [-0.4, -0.2) is 14.7 Å². The first-order valence-corrected chi connectivity index (χ1v) is 9.56. The number of nitrogen functional groups attached to an aromatic ring is 1. The highest BCUT2D eigenvalue weighted by Gasteiger charge is 2.19. The predicted octanol–water partition coefficient (Wildman–Crippen LogP) is 3.86. The van der Waals surface area contributed by atoms with Gasteiger partial charge in [-0.2, -0.15) is 0 Å². The van der Waals surface area contributed by atoms with Crippen LogP contribution in [0.15, 0.2) is 50.7 Å². The molecule has 112 valence electrons. The minimum Gasteiger partial charge on any atom is -0.398 e. The minimum absolute atomic E-state index is 0.180. The van der Waals surface area contributed by atoms with Gasteiger partial charge < -0.3 is 5.73 Å². The summed E-state index contributed by atoms with van der Waals surface area (Å²) >= 11 is 4.77. The van der Waals surface area contributed by atoms with Crippen molar-refractivity contribution in [1.82, 2.24) is 0 Å². The molecule has 0 heterocycles. The molecule has 0 atom stereocenters. The molecule has 0 bridgehead atoms. The predicted molar refractivity (Wildman–Crippen MR) is 92.3 cm³/mol. The number of rotatable bonds is 4. The van der Waals surface area contributed by atoms with Crippen LogP contribution in [0.4, 0.5) is 11.4 Å². The van der Waals surface area contributed by atoms with Crippen LogP contribution in [0.1, 0.15) is 5.56 Å². The lowest BCUT2D eigenvalue weighted by atomic mass is 10.2. The van der Waals surface area contributed by atoms with Crippen LogP contribution in [0, 0.1) is 6.92 Å². The van der Waals surface area contributed by atoms with Gasteiger partial charge in [-0.3, -0.25) is 4.72 Å². The third-order valence-corrected chi connectivity index (χ3v) is 5.93. The zero-order valence-corrected chi connectivity index (χ0v) is 14.8. The molecule has 0 aliphatic rings. The van der Waals surface area contributed by atoms with E-state index in [1.807, 2.05) is 18.4 Å². The lowest BCUT2D eigenvalue weighted by Crippen LogP contribution is -2.15. The Hall–Kier alpha value is -1.18. The summed E-state index contributed by atoms with van der Waals surface area (Å²) in [4.78, 5) is 1.04. The zero-order valence-electron chi connectivity index (χ0n) is 11.6. The SMILES string of the molecule is CSc1ccccc1NS(=O)(=O)c1cc(N)c(Br)cc1C. The number of thioether (sulfide) groups is 1. The van der Waals surface area contributed by atoms with Gasteiger partial charge in [-0.1, -0.05) is 12.1 Å². The number of benzene rings is 2. The summed E-state index contributed by atoms with van der Waals surface area (Å²) in [5.74, 6) is 0. The van der Waals surface area contributed by atoms with E-state index in [0.717, 1.165) is 4.90 Å². The largest absolute Gasteiger partial charge is 0.398 e. The summed E-state index contributed by atoms with van der Waals surface area (Å²) in [7, 11) is -3.68. The maximum Gasteiger partial charge on any atom is 0.262 e. The molecule has 2 rings (SSSR count). The highest BCUT2D eigenvalue weighted by molar-refractivity contribution is 9.10. The van der Waals surface area contributed by atoms with Crippen molar-refractivity contribution in [3.8, 4) is 0 Å². The normalized spacial score (nSPS) is 11.4. The number of halogens is 1. The maximum atomic E-state index is 12.6. The average molecular weight is 387 g/mol. The van der Waals surface area contributed by atoms with Crippen LogP contribution in [0.5, 0.6) is 0 Å². The molecule has 0 amide bonds. The Morgan fingerprint density at radius 1 is 1.24 bits per heavy atom. The fraction of sp³-hybridized carbons (Fsp3) is 0.143. The molecule has 0 aromatic heterocycles. The fourth-order valence-corrected chi connectivity index (χ4v) is 4.31. The first kappa shape index (κ1) is 16.2. The van der Waals surface area contributed by atoms with Crippen molar-refractivity contribution in [2.24, 2.45) is 0 Å². The molecule has 0 fully saturated rings. The lowest BCUT2D eigenvalue weighted by molar-refractivity contribution is 0.600. The van der Waals surface area contributed by atoms with Gasteiger partial charge in [0.2, 0.25) is 0 Å². The number of aryl methyl sites for hydroxylation is 1. The van der Waals surface area contributed by atoms with Crippen LogP contribution in [0.25, 0.3) is 0 Å². The number of para-hydroxylation sites is 1. The van der Waals surface area contributed by atoms with Crippen LogP contribution in [0.3, 0.4) is 0 Å². The molecule has 4 nitrogen and oxygen atoms in total. The maximum absolute atomic E-state index is 12.6. The van der Waals surface area contributed by atoms with E-state index >= 15 is 0 Å². The zero-order chi connectivity index (χ0) is 15.6. The molecule has 2 aromatic rings. The van der Waals surface area contributed by atoms with Crippen molar-refractivity contribution in [3.63, 3.8) is 0 Å². The molecule has 21 heavy (non-hydrogen) atoms. The lowest BCUT2D eigenvalue weighted by Gasteiger charge is -2.14. The number of anilines is 2. The van der Waals surface area contributed by atoms with Gasteiger partial charge in [-0.05, 0) is 58.9 Å². The van der Waals surface area contributed by atoms with Crippen LogP contribution < -0.4 is 10.5 Å². The molecule has 0 saturated heterocycles. The standard InChI is InChI=1S/C14H15BrN2O2S2/c1-9-7-10(15)11(16)8-14(9)21(18,19)17-12-5-3-4-6-13(12)20-2/h3-8,17H,16H2,1-2H3. The first-order chi connectivity index (χ1) is 9.85. The summed E-state index contributed by atoms with van der Waals surface area (Å²) in [6, 6.07) is 10.4. The second-order valence-corrected chi connectivity index (χ2v) is 7.80. The number of sulfonamides is 1. The highest BCUT2D eigenvalue weighted by Crippen LogP contribution is 2.30. The smallest absolute Gasteiger partial charge is 0.262 e. The number of hydrogen-bond acceptors (Lipinski definition) is 4. The van der Waals surface area contributed by atoms with Crippen LogP contribution >= 0.6 is 27.7 Å². The fourth-order valence-electron chi connectivity index (χ4n) is 1.89. The molecule has 0 aliphatic heterocycles. The molecule has 3 N–H and O–H groups in total. The van der Waals surface area contributed by atoms with Gasteiger partial charge in [-0.15, -0.1) is 11.8 Å². The Kier molecular flexibility index (Phi) is 4.85. The number of nitrogens with two attached hydrogens (primary N) is 1. The van der Waals surface area contributed by atoms with Crippen LogP contribution in [0.2, 0.25) is 0 Å².